The lowest BCUT2D eigenvalue weighted by Crippen LogP contribution is -2.30. The van der Waals surface area contributed by atoms with E-state index in [1.807, 2.05) is 48.6 Å². The topological polar surface area (TPSA) is 237 Å². The highest BCUT2D eigenvalue weighted by Crippen LogP contribution is 2.45. The molecule has 0 aliphatic carbocycles. The SMILES string of the molecule is CC/C=C\C/C=C\C/C=C\C/C=C\C/C=C\C/C=C\CCC(=O)OC[C@H](COP(=O)(O)OC[C@@H](O)COP(=O)(O)OC[C@@H](COC(=O)CCC/C=C\C/C=C\C/C=C\C/C=C\CCCCC)OC(=O)CC/C=C\C/C=C\C/C=C\C/C=C\C/C=C\C/C=C\CC)OC(=O)CCCCCCCCC/C=C\CCCCCC. The van der Waals surface area contributed by atoms with E-state index in [1.165, 1.54) is 44.9 Å². The highest BCUT2D eigenvalue weighted by molar-refractivity contribution is 7.47. The Hall–Kier alpha value is -6.36. The van der Waals surface area contributed by atoms with E-state index in [0.29, 0.717) is 44.9 Å². The quantitative estimate of drug-likeness (QED) is 0.0169. The van der Waals surface area contributed by atoms with Crippen LogP contribution in [0.3, 0.4) is 0 Å². The number of carbonyl (C=O) groups is 4. The molecule has 5 atom stereocenters. The Bertz CT molecular complexity index is 2900. The van der Waals surface area contributed by atoms with Gasteiger partial charge in [-0.2, -0.15) is 0 Å². The first-order valence-electron chi connectivity index (χ1n) is 41.3. The van der Waals surface area contributed by atoms with Gasteiger partial charge in [0.25, 0.3) is 0 Å². The lowest BCUT2D eigenvalue weighted by molar-refractivity contribution is -0.161. The van der Waals surface area contributed by atoms with Crippen LogP contribution in [0.1, 0.15) is 285 Å². The van der Waals surface area contributed by atoms with Gasteiger partial charge in [0, 0.05) is 25.7 Å². The Morgan fingerprint density at radius 1 is 0.264 bits per heavy atom. The third-order valence-electron chi connectivity index (χ3n) is 16.2. The van der Waals surface area contributed by atoms with E-state index < -0.39 is 97.5 Å². The summed E-state index contributed by atoms with van der Waals surface area (Å²) in [6.45, 7) is 4.34. The molecule has 0 amide bonds. The minimum absolute atomic E-state index is 0.0251. The molecule has 0 aromatic rings. The molecule has 0 saturated carbocycles. The van der Waals surface area contributed by atoms with Crippen LogP contribution in [-0.2, 0) is 65.4 Å². The van der Waals surface area contributed by atoms with Gasteiger partial charge in [0.1, 0.15) is 19.3 Å². The van der Waals surface area contributed by atoms with E-state index in [-0.39, 0.29) is 25.7 Å². The average Bonchev–Trinajstić information content (AvgIpc) is 0.882. The zero-order valence-corrected chi connectivity index (χ0v) is 69.6. The molecule has 0 aliphatic heterocycles. The van der Waals surface area contributed by atoms with Crippen molar-refractivity contribution in [2.24, 2.45) is 0 Å². The van der Waals surface area contributed by atoms with Gasteiger partial charge in [0.15, 0.2) is 12.2 Å². The normalized spacial score (nSPS) is 14.9. The van der Waals surface area contributed by atoms with Crippen LogP contribution in [-0.4, -0.2) is 96.7 Å². The van der Waals surface area contributed by atoms with Crippen molar-refractivity contribution >= 4 is 39.5 Å². The summed E-state index contributed by atoms with van der Waals surface area (Å²) < 4.78 is 68.5. The van der Waals surface area contributed by atoms with Crippen molar-refractivity contribution in [3.63, 3.8) is 0 Å². The molecular formula is C91H144O17P2. The molecule has 0 radical (unpaired) electrons. The number of aliphatic hydroxyl groups excluding tert-OH is 1. The fraction of sp³-hybridized carbons (Fsp3) is 0.582. The third-order valence-corrected chi connectivity index (χ3v) is 18.1. The average molecular weight is 1570 g/mol. The number of allylic oxidation sites excluding steroid dienone is 34. The maximum absolute atomic E-state index is 13.1. The molecule has 0 heterocycles. The first-order chi connectivity index (χ1) is 53.7. The van der Waals surface area contributed by atoms with Gasteiger partial charge in [0.05, 0.1) is 26.4 Å². The minimum atomic E-state index is -5.03. The van der Waals surface area contributed by atoms with Crippen LogP contribution >= 0.6 is 15.6 Å². The number of phosphoric acid groups is 2. The first kappa shape index (κ1) is 104. The van der Waals surface area contributed by atoms with Crippen LogP contribution < -0.4 is 0 Å². The molecule has 0 spiro atoms. The fourth-order valence-electron chi connectivity index (χ4n) is 10.0. The summed E-state index contributed by atoms with van der Waals surface area (Å²) in [6.07, 6.45) is 101. The van der Waals surface area contributed by atoms with Crippen LogP contribution in [0.25, 0.3) is 0 Å². The fourth-order valence-corrected chi connectivity index (χ4v) is 11.6. The molecule has 0 fully saturated rings. The zero-order chi connectivity index (χ0) is 80.3. The number of carbonyl (C=O) groups excluding carboxylic acids is 4. The van der Waals surface area contributed by atoms with E-state index in [4.69, 9.17) is 37.0 Å². The van der Waals surface area contributed by atoms with Crippen molar-refractivity contribution in [1.82, 2.24) is 0 Å². The van der Waals surface area contributed by atoms with Gasteiger partial charge >= 0.3 is 39.5 Å². The molecule has 0 aliphatic rings. The number of rotatable bonds is 75. The number of unbranched alkanes of at least 4 members (excludes halogenated alkanes) is 15. The molecule has 3 N–H and O–H groups in total. The van der Waals surface area contributed by atoms with Gasteiger partial charge in [-0.1, -0.05) is 298 Å². The largest absolute Gasteiger partial charge is 0.472 e. The molecule has 110 heavy (non-hydrogen) atoms. The van der Waals surface area contributed by atoms with E-state index in [9.17, 15) is 43.2 Å². The van der Waals surface area contributed by atoms with Gasteiger partial charge in [-0.05, 0) is 167 Å². The van der Waals surface area contributed by atoms with Crippen LogP contribution in [0.5, 0.6) is 0 Å². The van der Waals surface area contributed by atoms with Crippen molar-refractivity contribution < 1.29 is 80.2 Å². The molecule has 0 aromatic heterocycles. The summed E-state index contributed by atoms with van der Waals surface area (Å²) in [7, 11) is -10.0. The number of hydrogen-bond donors (Lipinski definition) is 3. The zero-order valence-electron chi connectivity index (χ0n) is 67.8. The smallest absolute Gasteiger partial charge is 0.462 e. The van der Waals surface area contributed by atoms with Crippen LogP contribution in [0.15, 0.2) is 207 Å². The Balaban J connectivity index is 5.58. The van der Waals surface area contributed by atoms with Crippen molar-refractivity contribution in [1.29, 1.82) is 0 Å². The molecule has 0 rings (SSSR count). The van der Waals surface area contributed by atoms with Gasteiger partial charge < -0.3 is 33.8 Å². The molecular weight excluding hydrogens is 1430 g/mol. The molecule has 0 aromatic carbocycles. The standard InChI is InChI=1S/C91H144O17P2/c1-5-9-13-17-21-25-29-33-37-40-42-45-49-52-56-60-64-68-72-76-89(94)102-81-86(107-90(95)77-73-69-65-61-57-53-47-36-32-28-24-20-16-12-8-4)83-105-109(97,98)103-79-85(92)80-104-110(99,100)106-84-87(82-101-88(93)75-71-67-63-59-55-51-48-44-39-35-31-27-23-19-15-11-7-3)108-91(96)78-74-70-66-62-58-54-50-46-43-41-38-34-30-26-22-18-14-10-6-2/h9-10,13-14,21-23,25-28,32-35,37-39,42-43,45-46,48,51-52,54,56,58-59,63-64,66,68,70,85-87,92H,5-8,11-12,15-20,24,29-31,36,40-41,44,47,49-50,53,55,57,60-62,65,67,69,71-84H2,1-4H3,(H,97,98)(H,99,100)/b13-9-,14-10-,25-21-,26-22-,27-23-,32-28-,37-33-,38-34-,39-35-,45-42-,46-43-,51-48-,56-52-,58-54-,63-59-,68-64-,70-66-/t85-,86-,87-/m1/s1. The lowest BCUT2D eigenvalue weighted by Gasteiger charge is -2.21. The summed E-state index contributed by atoms with van der Waals surface area (Å²) in [5, 5.41) is 10.7. The Kier molecular flexibility index (Phi) is 76.0. The molecule has 17 nitrogen and oxygen atoms in total. The molecule has 2 unspecified atom stereocenters. The van der Waals surface area contributed by atoms with Crippen molar-refractivity contribution in [2.75, 3.05) is 39.6 Å². The lowest BCUT2D eigenvalue weighted by atomic mass is 10.1. The predicted octanol–water partition coefficient (Wildman–Crippen LogP) is 24.7. The molecule has 620 valence electrons. The second-order valence-corrected chi connectivity index (χ2v) is 29.5. The number of phosphoric ester groups is 2. The number of esters is 4. The summed E-state index contributed by atoms with van der Waals surface area (Å²) in [5.74, 6) is -2.46. The van der Waals surface area contributed by atoms with E-state index >= 15 is 0 Å². The summed E-state index contributed by atoms with van der Waals surface area (Å²) >= 11 is 0. The minimum Gasteiger partial charge on any atom is -0.462 e. The predicted molar refractivity (Wildman–Crippen MR) is 454 cm³/mol. The summed E-state index contributed by atoms with van der Waals surface area (Å²) in [4.78, 5) is 73.1. The van der Waals surface area contributed by atoms with E-state index in [2.05, 4.69) is 186 Å². The van der Waals surface area contributed by atoms with Crippen molar-refractivity contribution in [3.05, 3.63) is 207 Å². The van der Waals surface area contributed by atoms with Crippen LogP contribution in [0.4, 0.5) is 0 Å². The van der Waals surface area contributed by atoms with Crippen LogP contribution in [0, 0.1) is 0 Å². The number of aliphatic hydroxyl groups is 1. The number of ether oxygens (including phenoxy) is 4. The Morgan fingerprint density at radius 2 is 0.500 bits per heavy atom. The van der Waals surface area contributed by atoms with E-state index in [1.54, 1.807) is 0 Å². The highest BCUT2D eigenvalue weighted by atomic mass is 31.2. The van der Waals surface area contributed by atoms with E-state index in [0.717, 1.165) is 141 Å². The van der Waals surface area contributed by atoms with Crippen molar-refractivity contribution in [3.8, 4) is 0 Å². The van der Waals surface area contributed by atoms with Gasteiger partial charge in [-0.15, -0.1) is 0 Å². The summed E-state index contributed by atoms with van der Waals surface area (Å²) in [5.41, 5.74) is 0. The van der Waals surface area contributed by atoms with Crippen molar-refractivity contribution in [2.45, 2.75) is 303 Å². The highest BCUT2D eigenvalue weighted by Gasteiger charge is 2.30. The first-order valence-corrected chi connectivity index (χ1v) is 44.3. The molecule has 0 bridgehead atoms. The monoisotopic (exact) mass is 1570 g/mol. The Labute approximate surface area is 665 Å². The third kappa shape index (κ3) is 79.7. The van der Waals surface area contributed by atoms with Gasteiger partial charge in [-0.3, -0.25) is 37.3 Å². The second kappa shape index (κ2) is 80.7. The van der Waals surface area contributed by atoms with Crippen LogP contribution in [0.2, 0.25) is 0 Å². The Morgan fingerprint density at radius 3 is 0.855 bits per heavy atom. The second-order valence-electron chi connectivity index (χ2n) is 26.6. The summed E-state index contributed by atoms with van der Waals surface area (Å²) in [6, 6.07) is 0. The van der Waals surface area contributed by atoms with Gasteiger partial charge in [0.2, 0.25) is 0 Å². The maximum atomic E-state index is 13.1. The molecule has 19 heteroatoms. The molecule has 0 saturated heterocycles. The van der Waals surface area contributed by atoms with Gasteiger partial charge in [-0.25, -0.2) is 9.13 Å². The number of hydrogen-bond acceptors (Lipinski definition) is 15. The maximum Gasteiger partial charge on any atom is 0.472 e.